The van der Waals surface area contributed by atoms with Gasteiger partial charge in [-0.05, 0) is 64.7 Å². The van der Waals surface area contributed by atoms with Gasteiger partial charge >= 0.3 is 0 Å². The quantitative estimate of drug-likeness (QED) is 0.565. The molecular formula is C24H36O2. The molecule has 0 bridgehead atoms. The molecule has 0 amide bonds. The molecule has 1 aromatic carbocycles. The lowest BCUT2D eigenvalue weighted by molar-refractivity contribution is 0.211. The average Bonchev–Trinajstić information content (AvgIpc) is 2.54. The van der Waals surface area contributed by atoms with Crippen molar-refractivity contribution in [3.8, 4) is 5.75 Å². The Kier molecular flexibility index (Phi) is 6.26. The van der Waals surface area contributed by atoms with Gasteiger partial charge in [0.15, 0.2) is 0 Å². The monoisotopic (exact) mass is 356 g/mol. The summed E-state index contributed by atoms with van der Waals surface area (Å²) < 4.78 is 0. The van der Waals surface area contributed by atoms with Crippen LogP contribution in [0.4, 0.5) is 0 Å². The summed E-state index contributed by atoms with van der Waals surface area (Å²) in [6.45, 7) is 15.6. The molecule has 1 unspecified atom stereocenters. The zero-order chi connectivity index (χ0) is 19.6. The molecule has 0 radical (unpaired) electrons. The largest absolute Gasteiger partial charge is 0.512 e. The lowest BCUT2D eigenvalue weighted by Crippen LogP contribution is -2.33. The van der Waals surface area contributed by atoms with Gasteiger partial charge in [-0.25, -0.2) is 0 Å². The summed E-state index contributed by atoms with van der Waals surface area (Å²) in [6.07, 6.45) is 4.82. The molecule has 0 heterocycles. The zero-order valence-corrected chi connectivity index (χ0v) is 17.6. The molecule has 1 atom stereocenters. The molecule has 1 aliphatic carbocycles. The molecule has 2 N–H and O–H groups in total. The van der Waals surface area contributed by atoms with E-state index in [1.807, 2.05) is 12.1 Å². The minimum Gasteiger partial charge on any atom is -0.512 e. The van der Waals surface area contributed by atoms with Crippen LogP contribution in [0.15, 0.2) is 35.6 Å². The van der Waals surface area contributed by atoms with E-state index < -0.39 is 0 Å². The predicted octanol–water partition coefficient (Wildman–Crippen LogP) is 7.21. The van der Waals surface area contributed by atoms with Gasteiger partial charge in [0, 0.05) is 11.8 Å². The predicted molar refractivity (Wildman–Crippen MR) is 111 cm³/mol. The second-order valence-corrected chi connectivity index (χ2v) is 8.78. The minimum atomic E-state index is -0.0756. The first kappa shape index (κ1) is 20.6. The van der Waals surface area contributed by atoms with E-state index in [9.17, 15) is 10.2 Å². The second-order valence-electron chi connectivity index (χ2n) is 8.78. The number of benzene rings is 1. The molecule has 1 aliphatic rings. The van der Waals surface area contributed by atoms with Crippen LogP contribution < -0.4 is 0 Å². The zero-order valence-electron chi connectivity index (χ0n) is 17.6. The van der Waals surface area contributed by atoms with E-state index in [0.717, 1.165) is 12.8 Å². The number of aliphatic hydroxyl groups excluding tert-OH is 1. The lowest BCUT2D eigenvalue weighted by Gasteiger charge is -2.45. The van der Waals surface area contributed by atoms with E-state index in [2.05, 4.69) is 54.5 Å². The molecule has 0 saturated carbocycles. The Bertz CT molecular complexity index is 707. The summed E-state index contributed by atoms with van der Waals surface area (Å²) in [5.41, 5.74) is 4.98. The highest BCUT2D eigenvalue weighted by Crippen LogP contribution is 2.55. The molecule has 1 aromatic rings. The number of phenolic OH excluding ortho intramolecular Hbond substituents is 1. The maximum Gasteiger partial charge on any atom is 0.115 e. The van der Waals surface area contributed by atoms with Crippen molar-refractivity contribution < 1.29 is 10.2 Å². The van der Waals surface area contributed by atoms with Crippen molar-refractivity contribution in [3.63, 3.8) is 0 Å². The summed E-state index contributed by atoms with van der Waals surface area (Å²) in [5, 5.41) is 20.7. The van der Waals surface area contributed by atoms with Crippen LogP contribution in [0.2, 0.25) is 0 Å². The van der Waals surface area contributed by atoms with Crippen molar-refractivity contribution in [3.05, 3.63) is 46.7 Å². The van der Waals surface area contributed by atoms with Gasteiger partial charge in [0.05, 0.1) is 5.76 Å². The van der Waals surface area contributed by atoms with E-state index in [1.165, 1.54) is 22.3 Å². The number of phenols is 1. The highest BCUT2D eigenvalue weighted by atomic mass is 16.3. The summed E-state index contributed by atoms with van der Waals surface area (Å²) in [4.78, 5) is 0. The van der Waals surface area contributed by atoms with Gasteiger partial charge in [-0.1, -0.05) is 61.0 Å². The third-order valence-corrected chi connectivity index (χ3v) is 5.96. The Morgan fingerprint density at radius 1 is 1.00 bits per heavy atom. The fourth-order valence-electron chi connectivity index (χ4n) is 4.58. The Morgan fingerprint density at radius 3 is 2.15 bits per heavy atom. The number of aromatic hydroxyl groups is 1. The molecule has 2 nitrogen and oxygen atoms in total. The van der Waals surface area contributed by atoms with Crippen LogP contribution in [-0.2, 0) is 0 Å². The van der Waals surface area contributed by atoms with Crippen molar-refractivity contribution >= 4 is 5.57 Å². The van der Waals surface area contributed by atoms with Gasteiger partial charge in [-0.2, -0.15) is 0 Å². The van der Waals surface area contributed by atoms with Crippen LogP contribution >= 0.6 is 0 Å². The van der Waals surface area contributed by atoms with E-state index in [0.29, 0.717) is 35.7 Å². The summed E-state index contributed by atoms with van der Waals surface area (Å²) in [7, 11) is 0. The number of hydrogen-bond donors (Lipinski definition) is 2. The Morgan fingerprint density at radius 2 is 1.65 bits per heavy atom. The molecular weight excluding hydrogens is 320 g/mol. The van der Waals surface area contributed by atoms with Crippen molar-refractivity contribution in [2.24, 2.45) is 17.3 Å². The number of aliphatic hydroxyl groups is 1. The number of hydrogen-bond acceptors (Lipinski definition) is 2. The molecule has 26 heavy (non-hydrogen) atoms. The van der Waals surface area contributed by atoms with Crippen LogP contribution in [0.5, 0.6) is 5.75 Å². The van der Waals surface area contributed by atoms with Crippen molar-refractivity contribution in [2.75, 3.05) is 0 Å². The third-order valence-electron chi connectivity index (χ3n) is 5.96. The van der Waals surface area contributed by atoms with Crippen LogP contribution in [0.25, 0.3) is 5.57 Å². The minimum absolute atomic E-state index is 0.0756. The first-order valence-corrected chi connectivity index (χ1v) is 10.1. The molecule has 144 valence electrons. The van der Waals surface area contributed by atoms with Crippen LogP contribution in [0.3, 0.4) is 0 Å². The summed E-state index contributed by atoms with van der Waals surface area (Å²) in [5.74, 6) is 1.89. The molecule has 0 fully saturated rings. The topological polar surface area (TPSA) is 40.5 Å². The van der Waals surface area contributed by atoms with Crippen molar-refractivity contribution in [2.45, 2.75) is 73.6 Å². The normalized spacial score (nSPS) is 21.1. The number of allylic oxidation sites excluding steroid dienone is 4. The fraction of sp³-hybridized carbons (Fsp3) is 0.583. The van der Waals surface area contributed by atoms with Gasteiger partial charge in [0.25, 0.3) is 0 Å². The highest BCUT2D eigenvalue weighted by molar-refractivity contribution is 5.80. The maximum atomic E-state index is 10.6. The van der Waals surface area contributed by atoms with Gasteiger partial charge in [0.1, 0.15) is 5.75 Å². The first-order valence-electron chi connectivity index (χ1n) is 10.1. The van der Waals surface area contributed by atoms with E-state index in [4.69, 9.17) is 0 Å². The molecule has 0 saturated heterocycles. The molecule has 2 heteroatoms. The van der Waals surface area contributed by atoms with Crippen LogP contribution in [-0.4, -0.2) is 10.2 Å². The van der Waals surface area contributed by atoms with Gasteiger partial charge in [0.2, 0.25) is 0 Å². The van der Waals surface area contributed by atoms with Gasteiger partial charge in [-0.15, -0.1) is 0 Å². The van der Waals surface area contributed by atoms with Gasteiger partial charge < -0.3 is 10.2 Å². The van der Waals surface area contributed by atoms with Crippen LogP contribution in [0.1, 0.15) is 84.8 Å². The van der Waals surface area contributed by atoms with Gasteiger partial charge in [-0.3, -0.25) is 0 Å². The Hall–Kier alpha value is -1.70. The van der Waals surface area contributed by atoms with Crippen LogP contribution in [0, 0.1) is 17.3 Å². The summed E-state index contributed by atoms with van der Waals surface area (Å²) >= 11 is 0. The number of rotatable bonds is 6. The fourth-order valence-corrected chi connectivity index (χ4v) is 4.58. The molecule has 0 aromatic heterocycles. The average molecular weight is 357 g/mol. The smallest absolute Gasteiger partial charge is 0.115 e. The Labute approximate surface area is 159 Å². The first-order chi connectivity index (χ1) is 12.1. The van der Waals surface area contributed by atoms with E-state index in [1.54, 1.807) is 6.07 Å². The third kappa shape index (κ3) is 3.70. The molecule has 0 spiro atoms. The summed E-state index contributed by atoms with van der Waals surface area (Å²) in [6, 6.07) is 5.81. The van der Waals surface area contributed by atoms with Crippen molar-refractivity contribution in [1.29, 1.82) is 0 Å². The molecule has 0 aliphatic heterocycles. The van der Waals surface area contributed by atoms with E-state index >= 15 is 0 Å². The highest BCUT2D eigenvalue weighted by Gasteiger charge is 2.43. The lowest BCUT2D eigenvalue weighted by atomic mass is 9.59. The van der Waals surface area contributed by atoms with Crippen molar-refractivity contribution in [1.82, 2.24) is 0 Å². The standard InChI is InChI=1S/C24H36O2/c1-8-11-24(17(6)7)14-19(26)13-22(16(4)5)23(24)20-10-9-18(25)12-21(20)15(2)3/h9-10,12-13,15-17,25-26H,8,11,14H2,1-7H3. The van der Waals surface area contributed by atoms with E-state index in [-0.39, 0.29) is 5.41 Å². The maximum absolute atomic E-state index is 10.6. The second kappa shape index (κ2) is 7.90. The molecule has 2 rings (SSSR count). The SMILES string of the molecule is CCCC1(C(C)C)CC(O)=CC(C(C)C)=C1c1ccc(O)cc1C(C)C. The Balaban J connectivity index is 2.90.